The van der Waals surface area contributed by atoms with Gasteiger partial charge in [-0.05, 0) is 6.92 Å². The van der Waals surface area contributed by atoms with Crippen molar-refractivity contribution in [2.24, 2.45) is 7.05 Å². The predicted octanol–water partition coefficient (Wildman–Crippen LogP) is 0.123. The van der Waals surface area contributed by atoms with E-state index in [4.69, 9.17) is 5.73 Å². The maximum Gasteiger partial charge on any atom is 0.170 e. The molecule has 0 amide bonds. The maximum atomic E-state index is 10.3. The van der Waals surface area contributed by atoms with Crippen LogP contribution < -0.4 is 5.73 Å². The number of carbonyl (C=O) groups is 1. The number of anilines is 1. The molecule has 0 aliphatic heterocycles. The molecule has 10 heavy (non-hydrogen) atoms. The minimum absolute atomic E-state index is 0.301. The van der Waals surface area contributed by atoms with Gasteiger partial charge in [-0.25, -0.2) is 4.98 Å². The number of rotatable bonds is 1. The summed E-state index contributed by atoms with van der Waals surface area (Å²) >= 11 is 0. The molecule has 0 radical (unpaired) electrons. The average molecular weight is 139 g/mol. The third-order valence-electron chi connectivity index (χ3n) is 1.50. The van der Waals surface area contributed by atoms with Crippen molar-refractivity contribution in [2.45, 2.75) is 6.92 Å². The smallest absolute Gasteiger partial charge is 0.170 e. The summed E-state index contributed by atoms with van der Waals surface area (Å²) in [5, 5.41) is 0. The Morgan fingerprint density at radius 1 is 1.70 bits per heavy atom. The Kier molecular flexibility index (Phi) is 1.45. The highest BCUT2D eigenvalue weighted by Gasteiger charge is 2.06. The highest BCUT2D eigenvalue weighted by atomic mass is 16.1. The van der Waals surface area contributed by atoms with Gasteiger partial charge in [0.15, 0.2) is 12.1 Å². The fraction of sp³-hybridized carbons (Fsp3) is 0.333. The molecule has 1 aromatic heterocycles. The van der Waals surface area contributed by atoms with Crippen molar-refractivity contribution in [1.29, 1.82) is 0 Å². The van der Waals surface area contributed by atoms with Crippen molar-refractivity contribution >= 4 is 12.1 Å². The van der Waals surface area contributed by atoms with Gasteiger partial charge in [-0.15, -0.1) is 0 Å². The number of carbonyl (C=O) groups excluding carboxylic acids is 1. The van der Waals surface area contributed by atoms with E-state index in [1.165, 1.54) is 0 Å². The second kappa shape index (κ2) is 2.13. The van der Waals surface area contributed by atoms with Gasteiger partial charge in [0.1, 0.15) is 11.5 Å². The fourth-order valence-electron chi connectivity index (χ4n) is 0.792. The Labute approximate surface area is 58.7 Å². The quantitative estimate of drug-likeness (QED) is 0.562. The zero-order chi connectivity index (χ0) is 7.72. The van der Waals surface area contributed by atoms with E-state index in [2.05, 4.69) is 4.98 Å². The van der Waals surface area contributed by atoms with Gasteiger partial charge in [0.2, 0.25) is 0 Å². The Hall–Kier alpha value is -1.32. The number of hydrogen-bond acceptors (Lipinski definition) is 3. The van der Waals surface area contributed by atoms with Crippen LogP contribution >= 0.6 is 0 Å². The number of aromatic nitrogens is 2. The zero-order valence-corrected chi connectivity index (χ0v) is 5.96. The third kappa shape index (κ3) is 0.775. The third-order valence-corrected chi connectivity index (χ3v) is 1.50. The van der Waals surface area contributed by atoms with Crippen LogP contribution in [0.2, 0.25) is 0 Å². The molecular formula is C6H9N3O. The van der Waals surface area contributed by atoms with E-state index in [0.717, 1.165) is 5.82 Å². The number of aryl methyl sites for hydroxylation is 1. The Morgan fingerprint density at radius 3 is 2.50 bits per heavy atom. The van der Waals surface area contributed by atoms with E-state index >= 15 is 0 Å². The van der Waals surface area contributed by atoms with Crippen LogP contribution in [-0.4, -0.2) is 15.8 Å². The predicted molar refractivity (Wildman–Crippen MR) is 37.7 cm³/mol. The lowest BCUT2D eigenvalue weighted by molar-refractivity contribution is 0.111. The molecule has 0 saturated carbocycles. The van der Waals surface area contributed by atoms with Crippen molar-refractivity contribution in [1.82, 2.24) is 9.55 Å². The van der Waals surface area contributed by atoms with Gasteiger partial charge in [-0.3, -0.25) is 4.79 Å². The summed E-state index contributed by atoms with van der Waals surface area (Å²) in [6.07, 6.45) is 0.704. The molecule has 0 aliphatic carbocycles. The summed E-state index contributed by atoms with van der Waals surface area (Å²) in [4.78, 5) is 14.2. The number of imidazole rings is 1. The summed E-state index contributed by atoms with van der Waals surface area (Å²) in [5.41, 5.74) is 5.83. The van der Waals surface area contributed by atoms with Crippen LogP contribution in [0.4, 0.5) is 5.82 Å². The zero-order valence-electron chi connectivity index (χ0n) is 5.96. The van der Waals surface area contributed by atoms with Crippen LogP contribution in [0, 0.1) is 6.92 Å². The van der Waals surface area contributed by atoms with Crippen molar-refractivity contribution in [3.8, 4) is 0 Å². The number of nitrogen functional groups attached to an aromatic ring is 1. The van der Waals surface area contributed by atoms with E-state index in [-0.39, 0.29) is 0 Å². The normalized spacial score (nSPS) is 9.80. The minimum Gasteiger partial charge on any atom is -0.382 e. The van der Waals surface area contributed by atoms with E-state index in [0.29, 0.717) is 17.8 Å². The Bertz CT molecular complexity index is 264. The monoisotopic (exact) mass is 139 g/mol. The molecule has 0 spiro atoms. The molecule has 54 valence electrons. The number of nitrogens with two attached hydrogens (primary N) is 1. The van der Waals surface area contributed by atoms with Crippen LogP contribution in [0.25, 0.3) is 0 Å². The first-order valence-corrected chi connectivity index (χ1v) is 2.90. The molecular weight excluding hydrogens is 130 g/mol. The first-order chi connectivity index (χ1) is 4.66. The van der Waals surface area contributed by atoms with Crippen molar-refractivity contribution in [2.75, 3.05) is 5.73 Å². The van der Waals surface area contributed by atoms with Gasteiger partial charge in [0, 0.05) is 7.05 Å². The maximum absolute atomic E-state index is 10.3. The highest BCUT2D eigenvalue weighted by molar-refractivity contribution is 5.79. The van der Waals surface area contributed by atoms with Crippen LogP contribution in [0.5, 0.6) is 0 Å². The molecule has 0 saturated heterocycles. The first-order valence-electron chi connectivity index (χ1n) is 2.90. The molecule has 0 aliphatic rings. The topological polar surface area (TPSA) is 60.9 Å². The Balaban J connectivity index is 3.33. The Morgan fingerprint density at radius 2 is 2.30 bits per heavy atom. The fourth-order valence-corrected chi connectivity index (χ4v) is 0.792. The van der Waals surface area contributed by atoms with E-state index in [1.807, 2.05) is 0 Å². The molecule has 1 rings (SSSR count). The molecule has 2 N–H and O–H groups in total. The van der Waals surface area contributed by atoms with Gasteiger partial charge in [0.25, 0.3) is 0 Å². The highest BCUT2D eigenvalue weighted by Crippen LogP contribution is 2.07. The first kappa shape index (κ1) is 6.80. The molecule has 0 fully saturated rings. The standard InChI is InChI=1S/C6H9N3O/c1-4-8-6(7)5(3-10)9(4)2/h3H,7H2,1-2H3. The molecule has 4 heteroatoms. The van der Waals surface area contributed by atoms with Crippen LogP contribution in [0.15, 0.2) is 0 Å². The van der Waals surface area contributed by atoms with Crippen LogP contribution in [0.1, 0.15) is 16.3 Å². The summed E-state index contributed by atoms with van der Waals surface area (Å²) in [6, 6.07) is 0. The second-order valence-corrected chi connectivity index (χ2v) is 2.11. The summed E-state index contributed by atoms with van der Waals surface area (Å²) < 4.78 is 1.66. The number of aldehydes is 1. The molecule has 0 aromatic carbocycles. The van der Waals surface area contributed by atoms with Crippen molar-refractivity contribution in [3.05, 3.63) is 11.5 Å². The number of nitrogens with zero attached hydrogens (tertiary/aromatic N) is 2. The largest absolute Gasteiger partial charge is 0.382 e. The van der Waals surface area contributed by atoms with Crippen molar-refractivity contribution in [3.63, 3.8) is 0 Å². The van der Waals surface area contributed by atoms with E-state index < -0.39 is 0 Å². The van der Waals surface area contributed by atoms with Gasteiger partial charge < -0.3 is 10.3 Å². The second-order valence-electron chi connectivity index (χ2n) is 2.11. The molecule has 0 bridgehead atoms. The lowest BCUT2D eigenvalue weighted by Gasteiger charge is -1.93. The van der Waals surface area contributed by atoms with Crippen LogP contribution in [0.3, 0.4) is 0 Å². The summed E-state index contributed by atoms with van der Waals surface area (Å²) in [6.45, 7) is 1.80. The summed E-state index contributed by atoms with van der Waals surface area (Å²) in [5.74, 6) is 1.05. The molecule has 1 aromatic rings. The van der Waals surface area contributed by atoms with Gasteiger partial charge >= 0.3 is 0 Å². The molecule has 4 nitrogen and oxygen atoms in total. The molecule has 0 unspecified atom stereocenters. The SMILES string of the molecule is Cc1nc(N)c(C=O)n1C. The lowest BCUT2D eigenvalue weighted by Crippen LogP contribution is -1.98. The minimum atomic E-state index is 0.301. The summed E-state index contributed by atoms with van der Waals surface area (Å²) in [7, 11) is 1.75. The van der Waals surface area contributed by atoms with Gasteiger partial charge in [0.05, 0.1) is 0 Å². The van der Waals surface area contributed by atoms with E-state index in [9.17, 15) is 4.79 Å². The lowest BCUT2D eigenvalue weighted by atomic mass is 10.5. The molecule has 1 heterocycles. The van der Waals surface area contributed by atoms with Gasteiger partial charge in [-0.2, -0.15) is 0 Å². The number of hydrogen-bond donors (Lipinski definition) is 1. The van der Waals surface area contributed by atoms with Gasteiger partial charge in [-0.1, -0.05) is 0 Å². The molecule has 0 atom stereocenters. The van der Waals surface area contributed by atoms with E-state index in [1.54, 1.807) is 18.5 Å². The van der Waals surface area contributed by atoms with Crippen LogP contribution in [-0.2, 0) is 7.05 Å². The average Bonchev–Trinajstić information content (AvgIpc) is 2.09. The van der Waals surface area contributed by atoms with Crippen molar-refractivity contribution < 1.29 is 4.79 Å².